The highest BCUT2D eigenvalue weighted by atomic mass is 16.5. The molecular weight excluding hydrogens is 230 g/mol. The van der Waals surface area contributed by atoms with Crippen molar-refractivity contribution < 1.29 is 9.53 Å². The highest BCUT2D eigenvalue weighted by molar-refractivity contribution is 5.93. The maximum atomic E-state index is 11.0. The quantitative estimate of drug-likeness (QED) is 0.809. The summed E-state index contributed by atoms with van der Waals surface area (Å²) in [7, 11) is 0. The van der Waals surface area contributed by atoms with Crippen LogP contribution in [-0.4, -0.2) is 37.7 Å². The standard InChI is InChI=1S/C13H19N3O2/c1-9(14)12-8-16(6-7-18-12)11-4-2-10(3-5-11)13(15)17/h2-5,9,12H,6-8,14H2,1H3,(H2,15,17). The number of primary amides is 1. The smallest absolute Gasteiger partial charge is 0.248 e. The molecule has 1 aliphatic heterocycles. The fourth-order valence-electron chi connectivity index (χ4n) is 2.06. The van der Waals surface area contributed by atoms with Crippen LogP contribution in [0, 0.1) is 0 Å². The monoisotopic (exact) mass is 249 g/mol. The Balaban J connectivity index is 2.09. The molecular formula is C13H19N3O2. The lowest BCUT2D eigenvalue weighted by molar-refractivity contribution is 0.0276. The second-order valence-corrected chi connectivity index (χ2v) is 4.63. The lowest BCUT2D eigenvalue weighted by Gasteiger charge is -2.36. The first-order chi connectivity index (χ1) is 8.58. The summed E-state index contributed by atoms with van der Waals surface area (Å²) in [4.78, 5) is 13.2. The molecule has 1 aliphatic rings. The lowest BCUT2D eigenvalue weighted by Crippen LogP contribution is -2.49. The topological polar surface area (TPSA) is 81.6 Å². The average molecular weight is 249 g/mol. The molecule has 1 amide bonds. The molecule has 0 spiro atoms. The van der Waals surface area contributed by atoms with Crippen molar-refractivity contribution in [3.8, 4) is 0 Å². The zero-order chi connectivity index (χ0) is 13.1. The van der Waals surface area contributed by atoms with Crippen LogP contribution in [-0.2, 0) is 4.74 Å². The predicted octanol–water partition coefficient (Wildman–Crippen LogP) is 0.338. The molecule has 0 aromatic heterocycles. The number of nitrogens with two attached hydrogens (primary N) is 2. The number of carbonyl (C=O) groups is 1. The zero-order valence-corrected chi connectivity index (χ0v) is 10.5. The van der Waals surface area contributed by atoms with Gasteiger partial charge in [-0.2, -0.15) is 0 Å². The summed E-state index contributed by atoms with van der Waals surface area (Å²) in [5, 5.41) is 0. The molecule has 1 saturated heterocycles. The van der Waals surface area contributed by atoms with E-state index in [1.165, 1.54) is 0 Å². The van der Waals surface area contributed by atoms with Gasteiger partial charge in [0.25, 0.3) is 0 Å². The summed E-state index contributed by atoms with van der Waals surface area (Å²) in [6, 6.07) is 7.31. The van der Waals surface area contributed by atoms with Crippen LogP contribution in [0.25, 0.3) is 0 Å². The Hall–Kier alpha value is -1.59. The Morgan fingerprint density at radius 3 is 2.67 bits per heavy atom. The molecule has 4 N–H and O–H groups in total. The van der Waals surface area contributed by atoms with Crippen LogP contribution < -0.4 is 16.4 Å². The molecule has 2 rings (SSSR count). The van der Waals surface area contributed by atoms with Crippen LogP contribution in [0.2, 0.25) is 0 Å². The van der Waals surface area contributed by atoms with Gasteiger partial charge in [-0.05, 0) is 31.2 Å². The van der Waals surface area contributed by atoms with Gasteiger partial charge in [-0.15, -0.1) is 0 Å². The highest BCUT2D eigenvalue weighted by Gasteiger charge is 2.23. The number of hydrogen-bond donors (Lipinski definition) is 2. The van der Waals surface area contributed by atoms with Gasteiger partial charge in [-0.3, -0.25) is 4.79 Å². The van der Waals surface area contributed by atoms with Gasteiger partial charge in [0.15, 0.2) is 0 Å². The molecule has 0 bridgehead atoms. The maximum Gasteiger partial charge on any atom is 0.248 e. The zero-order valence-electron chi connectivity index (χ0n) is 10.5. The molecule has 5 nitrogen and oxygen atoms in total. The van der Waals surface area contributed by atoms with Crippen LogP contribution in [0.15, 0.2) is 24.3 Å². The van der Waals surface area contributed by atoms with Gasteiger partial charge in [0, 0.05) is 30.4 Å². The SMILES string of the molecule is CC(N)C1CN(c2ccc(C(N)=O)cc2)CCO1. The normalized spacial score (nSPS) is 21.7. The molecule has 18 heavy (non-hydrogen) atoms. The van der Waals surface area contributed by atoms with Crippen LogP contribution in [0.4, 0.5) is 5.69 Å². The van der Waals surface area contributed by atoms with Gasteiger partial charge < -0.3 is 21.1 Å². The summed E-state index contributed by atoms with van der Waals surface area (Å²) < 4.78 is 5.61. The van der Waals surface area contributed by atoms with E-state index in [4.69, 9.17) is 16.2 Å². The minimum absolute atomic E-state index is 0.0118. The number of rotatable bonds is 3. The second-order valence-electron chi connectivity index (χ2n) is 4.63. The Bertz CT molecular complexity index is 417. The number of benzene rings is 1. The first kappa shape index (κ1) is 12.9. The van der Waals surface area contributed by atoms with E-state index in [-0.39, 0.29) is 12.1 Å². The summed E-state index contributed by atoms with van der Waals surface area (Å²) in [5.41, 5.74) is 12.7. The number of carbonyl (C=O) groups excluding carboxylic acids is 1. The van der Waals surface area contributed by atoms with Crippen molar-refractivity contribution in [2.24, 2.45) is 11.5 Å². The Labute approximate surface area is 107 Å². The van der Waals surface area contributed by atoms with Gasteiger partial charge in [0.2, 0.25) is 5.91 Å². The molecule has 0 radical (unpaired) electrons. The molecule has 2 unspecified atom stereocenters. The summed E-state index contributed by atoms with van der Waals surface area (Å²) in [6.45, 7) is 4.22. The fourth-order valence-corrected chi connectivity index (χ4v) is 2.06. The van der Waals surface area contributed by atoms with E-state index in [0.29, 0.717) is 12.2 Å². The molecule has 98 valence electrons. The van der Waals surface area contributed by atoms with Crippen LogP contribution >= 0.6 is 0 Å². The average Bonchev–Trinajstić information content (AvgIpc) is 2.39. The first-order valence-corrected chi connectivity index (χ1v) is 6.10. The van der Waals surface area contributed by atoms with Crippen molar-refractivity contribution in [1.29, 1.82) is 0 Å². The number of nitrogens with zero attached hydrogens (tertiary/aromatic N) is 1. The van der Waals surface area contributed by atoms with Crippen molar-refractivity contribution in [1.82, 2.24) is 0 Å². The van der Waals surface area contributed by atoms with E-state index < -0.39 is 5.91 Å². The van der Waals surface area contributed by atoms with E-state index in [1.807, 2.05) is 19.1 Å². The van der Waals surface area contributed by atoms with Crippen molar-refractivity contribution >= 4 is 11.6 Å². The third kappa shape index (κ3) is 2.80. The third-order valence-corrected chi connectivity index (χ3v) is 3.20. The molecule has 1 aromatic rings. The number of anilines is 1. The van der Waals surface area contributed by atoms with Crippen molar-refractivity contribution in [3.63, 3.8) is 0 Å². The van der Waals surface area contributed by atoms with E-state index in [0.717, 1.165) is 18.8 Å². The number of ether oxygens (including phenoxy) is 1. The fraction of sp³-hybridized carbons (Fsp3) is 0.462. The molecule has 1 fully saturated rings. The van der Waals surface area contributed by atoms with Crippen molar-refractivity contribution in [2.45, 2.75) is 19.1 Å². The summed E-state index contributed by atoms with van der Waals surface area (Å²) in [6.07, 6.45) is 0.0505. The molecule has 2 atom stereocenters. The molecule has 0 aliphatic carbocycles. The van der Waals surface area contributed by atoms with Crippen LogP contribution in [0.3, 0.4) is 0 Å². The maximum absolute atomic E-state index is 11.0. The van der Waals surface area contributed by atoms with Gasteiger partial charge in [-0.1, -0.05) is 0 Å². The van der Waals surface area contributed by atoms with E-state index in [9.17, 15) is 4.79 Å². The Kier molecular flexibility index (Phi) is 3.84. The van der Waals surface area contributed by atoms with Gasteiger partial charge in [0.1, 0.15) is 0 Å². The molecule has 5 heteroatoms. The Morgan fingerprint density at radius 1 is 1.44 bits per heavy atom. The van der Waals surface area contributed by atoms with Gasteiger partial charge in [-0.25, -0.2) is 0 Å². The van der Waals surface area contributed by atoms with Crippen LogP contribution in [0.1, 0.15) is 17.3 Å². The van der Waals surface area contributed by atoms with Gasteiger partial charge in [0.05, 0.1) is 12.7 Å². The number of hydrogen-bond acceptors (Lipinski definition) is 4. The minimum atomic E-state index is -0.406. The molecule has 1 heterocycles. The largest absolute Gasteiger partial charge is 0.373 e. The van der Waals surface area contributed by atoms with E-state index in [2.05, 4.69) is 4.90 Å². The van der Waals surface area contributed by atoms with Crippen LogP contribution in [0.5, 0.6) is 0 Å². The number of morpholine rings is 1. The Morgan fingerprint density at radius 2 is 2.11 bits per heavy atom. The first-order valence-electron chi connectivity index (χ1n) is 6.10. The molecule has 0 saturated carbocycles. The van der Waals surface area contributed by atoms with E-state index >= 15 is 0 Å². The van der Waals surface area contributed by atoms with E-state index in [1.54, 1.807) is 12.1 Å². The third-order valence-electron chi connectivity index (χ3n) is 3.20. The van der Waals surface area contributed by atoms with Crippen molar-refractivity contribution in [3.05, 3.63) is 29.8 Å². The number of amides is 1. The highest BCUT2D eigenvalue weighted by Crippen LogP contribution is 2.19. The second kappa shape index (κ2) is 5.37. The lowest BCUT2D eigenvalue weighted by atomic mass is 10.1. The predicted molar refractivity (Wildman–Crippen MR) is 70.6 cm³/mol. The molecule has 1 aromatic carbocycles. The van der Waals surface area contributed by atoms with Crippen molar-refractivity contribution in [2.75, 3.05) is 24.6 Å². The summed E-state index contributed by atoms with van der Waals surface area (Å²) in [5.74, 6) is -0.406. The van der Waals surface area contributed by atoms with Gasteiger partial charge >= 0.3 is 0 Å². The summed E-state index contributed by atoms with van der Waals surface area (Å²) >= 11 is 0. The minimum Gasteiger partial charge on any atom is -0.373 e.